The smallest absolute Gasteiger partial charge is 0.0614 e. The molecule has 6 heavy (non-hydrogen) atoms. The summed E-state index contributed by atoms with van der Waals surface area (Å²) >= 11 is 4.48. The van der Waals surface area contributed by atoms with Crippen molar-refractivity contribution in [2.45, 2.75) is 13.3 Å². The van der Waals surface area contributed by atoms with E-state index < -0.39 is 0 Å². The second-order valence-corrected chi connectivity index (χ2v) is 1.31. The average molecular weight is 103 g/mol. The SMILES string of the molecule is CCCNC=S. The fraction of sp³-hybridized carbons (Fsp3) is 0.750. The summed E-state index contributed by atoms with van der Waals surface area (Å²) < 4.78 is 0. The lowest BCUT2D eigenvalue weighted by atomic mass is 10.5. The van der Waals surface area contributed by atoms with Crippen LogP contribution in [0.2, 0.25) is 0 Å². The van der Waals surface area contributed by atoms with Gasteiger partial charge in [-0.2, -0.15) is 0 Å². The highest BCUT2D eigenvalue weighted by Gasteiger charge is 1.67. The van der Waals surface area contributed by atoms with Crippen molar-refractivity contribution in [2.24, 2.45) is 0 Å². The maximum atomic E-state index is 4.48. The fourth-order valence-electron chi connectivity index (χ4n) is 0.203. The molecular formula is C4H9NS. The molecule has 0 spiro atoms. The van der Waals surface area contributed by atoms with E-state index in [1.165, 1.54) is 0 Å². The minimum Gasteiger partial charge on any atom is -0.382 e. The quantitative estimate of drug-likeness (QED) is 0.421. The topological polar surface area (TPSA) is 12.0 Å². The third-order valence-corrected chi connectivity index (χ3v) is 0.644. The zero-order chi connectivity index (χ0) is 4.83. The lowest BCUT2D eigenvalue weighted by molar-refractivity contribution is 0.857. The highest BCUT2D eigenvalue weighted by molar-refractivity contribution is 7.78. The molecule has 0 fully saturated rings. The molecular weight excluding hydrogens is 94.1 g/mol. The molecule has 0 aromatic rings. The van der Waals surface area contributed by atoms with Crippen LogP contribution in [0.1, 0.15) is 13.3 Å². The van der Waals surface area contributed by atoms with Gasteiger partial charge in [-0.3, -0.25) is 0 Å². The minimum absolute atomic E-state index is 1.00. The Hall–Kier alpha value is -0.110. The van der Waals surface area contributed by atoms with Crippen LogP contribution < -0.4 is 5.32 Å². The molecule has 0 aliphatic rings. The number of nitrogens with one attached hydrogen (secondary N) is 1. The molecule has 0 aromatic carbocycles. The summed E-state index contributed by atoms with van der Waals surface area (Å²) in [5.74, 6) is 0. The lowest BCUT2D eigenvalue weighted by Gasteiger charge is -1.88. The van der Waals surface area contributed by atoms with Crippen LogP contribution in [0.5, 0.6) is 0 Å². The van der Waals surface area contributed by atoms with Crippen LogP contribution in [-0.2, 0) is 0 Å². The summed E-state index contributed by atoms with van der Waals surface area (Å²) in [7, 11) is 0. The number of rotatable bonds is 3. The van der Waals surface area contributed by atoms with Crippen molar-refractivity contribution in [3.05, 3.63) is 0 Å². The predicted octanol–water partition coefficient (Wildman–Crippen LogP) is 0.943. The van der Waals surface area contributed by atoms with Crippen molar-refractivity contribution in [2.75, 3.05) is 6.54 Å². The molecule has 0 aliphatic heterocycles. The van der Waals surface area contributed by atoms with Crippen molar-refractivity contribution in [1.29, 1.82) is 0 Å². The van der Waals surface area contributed by atoms with Crippen molar-refractivity contribution < 1.29 is 0 Å². The van der Waals surface area contributed by atoms with Gasteiger partial charge in [0.2, 0.25) is 0 Å². The van der Waals surface area contributed by atoms with Gasteiger partial charge in [0.05, 0.1) is 5.49 Å². The first kappa shape index (κ1) is 5.89. The second-order valence-electron chi connectivity index (χ2n) is 1.07. The van der Waals surface area contributed by atoms with E-state index in [2.05, 4.69) is 24.5 Å². The Kier molecular flexibility index (Phi) is 4.80. The lowest BCUT2D eigenvalue weighted by Crippen LogP contribution is -2.08. The third-order valence-electron chi connectivity index (χ3n) is 0.478. The van der Waals surface area contributed by atoms with E-state index in [9.17, 15) is 0 Å². The van der Waals surface area contributed by atoms with E-state index in [-0.39, 0.29) is 0 Å². The summed E-state index contributed by atoms with van der Waals surface area (Å²) in [5, 5.41) is 2.89. The van der Waals surface area contributed by atoms with Crippen LogP contribution in [-0.4, -0.2) is 12.0 Å². The predicted molar refractivity (Wildman–Crippen MR) is 31.9 cm³/mol. The zero-order valence-corrected chi connectivity index (χ0v) is 4.72. The van der Waals surface area contributed by atoms with Crippen LogP contribution in [0, 0.1) is 0 Å². The molecule has 1 nitrogen and oxygen atoms in total. The van der Waals surface area contributed by atoms with Gasteiger partial charge in [-0.15, -0.1) is 0 Å². The first-order valence-corrected chi connectivity index (χ1v) is 2.56. The Balaban J connectivity index is 2.49. The monoisotopic (exact) mass is 103 g/mol. The Morgan fingerprint density at radius 2 is 2.50 bits per heavy atom. The average Bonchev–Trinajstić information content (AvgIpc) is 1.61. The summed E-state index contributed by atoms with van der Waals surface area (Å²) in [4.78, 5) is 0. The van der Waals surface area contributed by atoms with Gasteiger partial charge in [0.15, 0.2) is 0 Å². The molecule has 0 atom stereocenters. The molecule has 0 bridgehead atoms. The molecule has 0 heterocycles. The van der Waals surface area contributed by atoms with Crippen LogP contribution in [0.15, 0.2) is 0 Å². The van der Waals surface area contributed by atoms with Gasteiger partial charge in [0.1, 0.15) is 0 Å². The summed E-state index contributed by atoms with van der Waals surface area (Å²) in [6, 6.07) is 0. The highest BCUT2D eigenvalue weighted by Crippen LogP contribution is 1.64. The van der Waals surface area contributed by atoms with Gasteiger partial charge in [-0.25, -0.2) is 0 Å². The minimum atomic E-state index is 1.00. The Bertz CT molecular complexity index is 36.5. The normalized spacial score (nSPS) is 7.50. The highest BCUT2D eigenvalue weighted by atomic mass is 32.1. The summed E-state index contributed by atoms with van der Waals surface area (Å²) in [6.45, 7) is 3.11. The molecule has 0 saturated carbocycles. The van der Waals surface area contributed by atoms with Crippen molar-refractivity contribution in [3.63, 3.8) is 0 Å². The maximum absolute atomic E-state index is 4.48. The van der Waals surface area contributed by atoms with E-state index in [1.54, 1.807) is 5.49 Å². The maximum Gasteiger partial charge on any atom is 0.0614 e. The van der Waals surface area contributed by atoms with Crippen molar-refractivity contribution in [1.82, 2.24) is 5.32 Å². The molecule has 0 amide bonds. The molecule has 0 aromatic heterocycles. The fourth-order valence-corrected chi connectivity index (χ4v) is 0.321. The third kappa shape index (κ3) is 3.89. The number of thiocarbonyl (C=S) groups is 1. The van der Waals surface area contributed by atoms with Crippen LogP contribution in [0.3, 0.4) is 0 Å². The van der Waals surface area contributed by atoms with E-state index in [4.69, 9.17) is 0 Å². The summed E-state index contributed by atoms with van der Waals surface area (Å²) in [5.41, 5.74) is 1.55. The molecule has 0 rings (SSSR count). The van der Waals surface area contributed by atoms with Crippen LogP contribution in [0.4, 0.5) is 0 Å². The largest absolute Gasteiger partial charge is 0.382 e. The Labute approximate surface area is 43.7 Å². The van der Waals surface area contributed by atoms with Gasteiger partial charge in [0.25, 0.3) is 0 Å². The van der Waals surface area contributed by atoms with Gasteiger partial charge < -0.3 is 5.32 Å². The van der Waals surface area contributed by atoms with Crippen LogP contribution in [0.25, 0.3) is 0 Å². The first-order valence-electron chi connectivity index (χ1n) is 2.09. The van der Waals surface area contributed by atoms with E-state index in [0.717, 1.165) is 13.0 Å². The van der Waals surface area contributed by atoms with Crippen molar-refractivity contribution >= 4 is 17.7 Å². The molecule has 0 radical (unpaired) electrons. The number of hydrogen-bond acceptors (Lipinski definition) is 1. The summed E-state index contributed by atoms with van der Waals surface area (Å²) in [6.07, 6.45) is 1.15. The molecule has 0 saturated heterocycles. The van der Waals surface area contributed by atoms with E-state index >= 15 is 0 Å². The zero-order valence-electron chi connectivity index (χ0n) is 3.90. The molecule has 2 heteroatoms. The molecule has 0 unspecified atom stereocenters. The standard InChI is InChI=1S/C4H9NS/c1-2-3-5-4-6/h4H,2-3H2,1H3,(H,5,6). The molecule has 36 valence electrons. The van der Waals surface area contributed by atoms with Gasteiger partial charge in [-0.05, 0) is 6.42 Å². The molecule has 0 aliphatic carbocycles. The van der Waals surface area contributed by atoms with Crippen LogP contribution >= 0.6 is 12.2 Å². The molecule has 1 N–H and O–H groups in total. The van der Waals surface area contributed by atoms with Crippen molar-refractivity contribution in [3.8, 4) is 0 Å². The van der Waals surface area contributed by atoms with Gasteiger partial charge in [0, 0.05) is 6.54 Å². The number of hydrogen-bond donors (Lipinski definition) is 1. The van der Waals surface area contributed by atoms with Gasteiger partial charge in [-0.1, -0.05) is 19.1 Å². The Morgan fingerprint density at radius 3 is 2.67 bits per heavy atom. The second kappa shape index (κ2) is 4.89. The van der Waals surface area contributed by atoms with E-state index in [1.807, 2.05) is 0 Å². The Morgan fingerprint density at radius 1 is 1.83 bits per heavy atom. The van der Waals surface area contributed by atoms with E-state index in [0.29, 0.717) is 0 Å². The van der Waals surface area contributed by atoms with Gasteiger partial charge >= 0.3 is 0 Å². The first-order chi connectivity index (χ1) is 2.91.